The lowest BCUT2D eigenvalue weighted by Crippen LogP contribution is -1.95. The Bertz CT molecular complexity index is 1430. The fourth-order valence-corrected chi connectivity index (χ4v) is 4.91. The highest BCUT2D eigenvalue weighted by molar-refractivity contribution is 5.81. The van der Waals surface area contributed by atoms with Gasteiger partial charge < -0.3 is 14.6 Å². The van der Waals surface area contributed by atoms with E-state index in [2.05, 4.69) is 97.9 Å². The molecule has 0 spiro atoms. The number of Topliss-reactive ketones (excluding diaryl/α,β-unsaturated/α-hetero) is 1. The molecule has 0 saturated carbocycles. The summed E-state index contributed by atoms with van der Waals surface area (Å²) in [6.07, 6.45) is 28.6. The van der Waals surface area contributed by atoms with Gasteiger partial charge in [0.1, 0.15) is 11.5 Å². The number of aliphatic carboxylic acids is 1. The van der Waals surface area contributed by atoms with Gasteiger partial charge in [0.05, 0.1) is 7.11 Å². The molecule has 0 heterocycles. The van der Waals surface area contributed by atoms with Gasteiger partial charge in [-0.05, 0) is 155 Å². The number of methoxy groups -OCH3 is 1. The van der Waals surface area contributed by atoms with Gasteiger partial charge in [0.25, 0.3) is 0 Å². The summed E-state index contributed by atoms with van der Waals surface area (Å²) < 4.78 is 5.40. The Balaban J connectivity index is 0.000000920. The number of carbonyl (C=O) groups excluding carboxylic acids is 1. The Kier molecular flexibility index (Phi) is 23.1. The van der Waals surface area contributed by atoms with Gasteiger partial charge in [0.2, 0.25) is 0 Å². The molecule has 0 radical (unpaired) electrons. The van der Waals surface area contributed by atoms with Crippen LogP contribution in [0.25, 0.3) is 6.08 Å². The van der Waals surface area contributed by atoms with Crippen LogP contribution in [0.5, 0.6) is 5.75 Å². The first kappa shape index (κ1) is 44.1. The van der Waals surface area contributed by atoms with E-state index >= 15 is 0 Å². The molecule has 4 heteroatoms. The minimum Gasteiger partial charge on any atom is -0.496 e. The van der Waals surface area contributed by atoms with Crippen molar-refractivity contribution in [3.8, 4) is 5.75 Å². The monoisotopic (exact) mass is 656 g/mol. The molecule has 4 nitrogen and oxygen atoms in total. The van der Waals surface area contributed by atoms with Gasteiger partial charge in [-0.2, -0.15) is 0 Å². The van der Waals surface area contributed by atoms with Crippen LogP contribution >= 0.6 is 0 Å². The maximum atomic E-state index is 10.9. The molecule has 264 valence electrons. The van der Waals surface area contributed by atoms with Gasteiger partial charge in [0, 0.05) is 12.5 Å². The van der Waals surface area contributed by atoms with Gasteiger partial charge in [-0.25, -0.2) is 4.79 Å². The zero-order valence-corrected chi connectivity index (χ0v) is 32.2. The summed E-state index contributed by atoms with van der Waals surface area (Å²) in [5.41, 5.74) is 12.3. The third kappa shape index (κ3) is 21.8. The summed E-state index contributed by atoms with van der Waals surface area (Å²) in [6, 6.07) is 2.06. The van der Waals surface area contributed by atoms with Crippen LogP contribution in [0.1, 0.15) is 129 Å². The van der Waals surface area contributed by atoms with Crippen molar-refractivity contribution in [1.82, 2.24) is 0 Å². The Labute approximate surface area is 293 Å². The van der Waals surface area contributed by atoms with Crippen molar-refractivity contribution in [3.05, 3.63) is 116 Å². The van der Waals surface area contributed by atoms with Gasteiger partial charge in [0.15, 0.2) is 0 Å². The molecule has 0 amide bonds. The molecule has 0 unspecified atom stereocenters. The summed E-state index contributed by atoms with van der Waals surface area (Å²) >= 11 is 0. The number of carbonyl (C=O) groups is 2. The van der Waals surface area contributed by atoms with Crippen molar-refractivity contribution in [2.75, 3.05) is 7.11 Å². The number of hydrogen-bond acceptors (Lipinski definition) is 3. The molecule has 1 aromatic rings. The van der Waals surface area contributed by atoms with E-state index in [0.29, 0.717) is 12.0 Å². The van der Waals surface area contributed by atoms with Crippen LogP contribution in [-0.4, -0.2) is 24.0 Å². The zero-order valence-electron chi connectivity index (χ0n) is 32.2. The molecule has 0 aliphatic rings. The SMILES string of the molecule is CC(=O)CC/C=C(\C)CC/C=C(\C)CC/C=C(\C)CCC=C(C)C.COc1cc(C)c(/C=C/C(C)=C/C=C/C(C)=C/C(=O)O)c(C)c1C. The number of ketones is 1. The summed E-state index contributed by atoms with van der Waals surface area (Å²) in [5.74, 6) is 0.260. The van der Waals surface area contributed by atoms with E-state index in [4.69, 9.17) is 9.84 Å². The Morgan fingerprint density at radius 1 is 0.688 bits per heavy atom. The van der Waals surface area contributed by atoms with E-state index in [-0.39, 0.29) is 5.78 Å². The molecular weight excluding hydrogens is 592 g/mol. The molecule has 48 heavy (non-hydrogen) atoms. The Morgan fingerprint density at radius 3 is 1.65 bits per heavy atom. The summed E-state index contributed by atoms with van der Waals surface area (Å²) in [4.78, 5) is 21.5. The van der Waals surface area contributed by atoms with E-state index in [9.17, 15) is 9.59 Å². The highest BCUT2D eigenvalue weighted by Crippen LogP contribution is 2.28. The third-order valence-electron chi connectivity index (χ3n) is 8.05. The van der Waals surface area contributed by atoms with Crippen LogP contribution < -0.4 is 4.74 Å². The highest BCUT2D eigenvalue weighted by Gasteiger charge is 2.08. The van der Waals surface area contributed by atoms with E-state index < -0.39 is 5.97 Å². The first-order valence-corrected chi connectivity index (χ1v) is 17.3. The topological polar surface area (TPSA) is 63.6 Å². The Morgan fingerprint density at radius 2 is 1.19 bits per heavy atom. The van der Waals surface area contributed by atoms with Crippen molar-refractivity contribution in [3.63, 3.8) is 0 Å². The number of benzene rings is 1. The van der Waals surface area contributed by atoms with Crippen molar-refractivity contribution in [2.45, 2.75) is 128 Å². The lowest BCUT2D eigenvalue weighted by Gasteiger charge is -2.13. The normalized spacial score (nSPS) is 13.1. The minimum absolute atomic E-state index is 0.277. The lowest BCUT2D eigenvalue weighted by molar-refractivity contribution is -0.131. The number of allylic oxidation sites excluding steroid dienone is 14. The van der Waals surface area contributed by atoms with Gasteiger partial charge in [-0.3, -0.25) is 0 Å². The second-order valence-electron chi connectivity index (χ2n) is 13.2. The molecule has 0 saturated heterocycles. The van der Waals surface area contributed by atoms with Crippen molar-refractivity contribution in [1.29, 1.82) is 0 Å². The van der Waals surface area contributed by atoms with Crippen LogP contribution in [0.4, 0.5) is 0 Å². The van der Waals surface area contributed by atoms with E-state index in [1.165, 1.54) is 51.5 Å². The van der Waals surface area contributed by atoms with Crippen LogP contribution in [-0.2, 0) is 9.59 Å². The molecule has 0 fully saturated rings. The van der Waals surface area contributed by atoms with Gasteiger partial charge in [-0.15, -0.1) is 0 Å². The molecule has 0 bridgehead atoms. The predicted molar refractivity (Wildman–Crippen MR) is 209 cm³/mol. The molecule has 0 aromatic heterocycles. The van der Waals surface area contributed by atoms with Crippen molar-refractivity contribution in [2.24, 2.45) is 0 Å². The average Bonchev–Trinajstić information content (AvgIpc) is 2.98. The van der Waals surface area contributed by atoms with Crippen LogP contribution in [0.3, 0.4) is 0 Å². The zero-order chi connectivity index (χ0) is 36.6. The molecule has 1 aromatic carbocycles. The maximum absolute atomic E-state index is 10.9. The molecule has 1 rings (SSSR count). The molecule has 0 atom stereocenters. The van der Waals surface area contributed by atoms with Gasteiger partial charge >= 0.3 is 5.97 Å². The average molecular weight is 657 g/mol. The number of rotatable bonds is 18. The van der Waals surface area contributed by atoms with Crippen LogP contribution in [0.15, 0.2) is 94.2 Å². The van der Waals surface area contributed by atoms with Crippen LogP contribution in [0, 0.1) is 20.8 Å². The quantitative estimate of drug-likeness (QED) is 0.0970. The largest absolute Gasteiger partial charge is 0.496 e. The number of hydrogen-bond donors (Lipinski definition) is 1. The summed E-state index contributed by atoms with van der Waals surface area (Å²) in [6.45, 7) is 22.6. The number of carboxylic acids is 1. The third-order valence-corrected chi connectivity index (χ3v) is 8.05. The van der Waals surface area contributed by atoms with E-state index in [0.717, 1.165) is 55.4 Å². The number of ether oxygens (including phenoxy) is 1. The highest BCUT2D eigenvalue weighted by atomic mass is 16.5. The maximum Gasteiger partial charge on any atom is 0.328 e. The molecular formula is C44H64O4. The van der Waals surface area contributed by atoms with E-state index in [1.54, 1.807) is 27.0 Å². The first-order valence-electron chi connectivity index (χ1n) is 17.3. The smallest absolute Gasteiger partial charge is 0.328 e. The standard InChI is InChI=1S/C23H38O.C21H26O3/c1-19(2)11-7-12-20(3)13-8-14-21(4)15-9-16-22(5)17-10-18-23(6)24;1-14(8-7-9-15(2)12-21(22)23)10-11-19-16(3)13-20(24-6)18(5)17(19)4/h11,13,15,17H,7-10,12,14,16,18H2,1-6H3;7-13H,1-6H3,(H,22,23)/b20-13+,21-15+,22-17+;9-7+,11-10+,14-8+,15-12+. The lowest BCUT2D eigenvalue weighted by atomic mass is 9.96. The van der Waals surface area contributed by atoms with Crippen molar-refractivity contribution >= 4 is 17.8 Å². The second kappa shape index (κ2) is 25.1. The second-order valence-corrected chi connectivity index (χ2v) is 13.2. The van der Waals surface area contributed by atoms with Crippen molar-refractivity contribution < 1.29 is 19.4 Å². The summed E-state index contributed by atoms with van der Waals surface area (Å²) in [5, 5.41) is 8.67. The van der Waals surface area contributed by atoms with Crippen LogP contribution in [0.2, 0.25) is 0 Å². The first-order chi connectivity index (χ1) is 22.6. The number of carboxylic acid groups (broad SMARTS) is 1. The fraction of sp³-hybridized carbons (Fsp3) is 0.455. The fourth-order valence-electron chi connectivity index (χ4n) is 4.91. The predicted octanol–water partition coefficient (Wildman–Crippen LogP) is 12.7. The number of aryl methyl sites for hydroxylation is 1. The van der Waals surface area contributed by atoms with Gasteiger partial charge in [-0.1, -0.05) is 82.5 Å². The van der Waals surface area contributed by atoms with E-state index in [1.807, 2.05) is 19.1 Å². The molecule has 0 aliphatic heterocycles. The molecule has 1 N–H and O–H groups in total. The minimum atomic E-state index is -0.932. The Hall–Kier alpha value is -3.92. The molecule has 0 aliphatic carbocycles. The summed E-state index contributed by atoms with van der Waals surface area (Å²) in [7, 11) is 1.69.